The zero-order chi connectivity index (χ0) is 14.8. The van der Waals surface area contributed by atoms with Crippen LogP contribution in [-0.4, -0.2) is 43.2 Å². The van der Waals surface area contributed by atoms with Crippen molar-refractivity contribution in [2.45, 2.75) is 44.7 Å². The van der Waals surface area contributed by atoms with Crippen LogP contribution in [0.5, 0.6) is 0 Å². The molecular formula is C17H26FN3. The predicted molar refractivity (Wildman–Crippen MR) is 85.2 cm³/mol. The number of fused-ring (bicyclic) bond motifs is 1. The SMILES string of the molecule is CCC(N)Cc1cccc(F)c1N1CCN2CCCC2C1. The summed E-state index contributed by atoms with van der Waals surface area (Å²) in [5.74, 6) is -0.0951. The average Bonchev–Trinajstić information content (AvgIpc) is 2.94. The number of hydrogen-bond donors (Lipinski definition) is 1. The van der Waals surface area contributed by atoms with Gasteiger partial charge in [-0.05, 0) is 43.9 Å². The molecular weight excluding hydrogens is 265 g/mol. The summed E-state index contributed by atoms with van der Waals surface area (Å²) in [6, 6.07) is 6.14. The molecule has 116 valence electrons. The molecule has 2 aliphatic rings. The Morgan fingerprint density at radius 3 is 3.00 bits per heavy atom. The Hall–Kier alpha value is -1.13. The Labute approximate surface area is 126 Å². The quantitative estimate of drug-likeness (QED) is 0.924. The second-order valence-electron chi connectivity index (χ2n) is 6.40. The fourth-order valence-electron chi connectivity index (χ4n) is 3.70. The lowest BCUT2D eigenvalue weighted by molar-refractivity contribution is 0.230. The van der Waals surface area contributed by atoms with Gasteiger partial charge in [0.2, 0.25) is 0 Å². The molecule has 2 heterocycles. The van der Waals surface area contributed by atoms with Gasteiger partial charge in [0.05, 0.1) is 5.69 Å². The van der Waals surface area contributed by atoms with E-state index < -0.39 is 0 Å². The zero-order valence-electron chi connectivity index (χ0n) is 12.9. The van der Waals surface area contributed by atoms with E-state index in [0.29, 0.717) is 6.04 Å². The van der Waals surface area contributed by atoms with Gasteiger partial charge in [-0.25, -0.2) is 4.39 Å². The third-order valence-electron chi connectivity index (χ3n) is 4.98. The monoisotopic (exact) mass is 291 g/mol. The van der Waals surface area contributed by atoms with E-state index in [2.05, 4.69) is 16.7 Å². The van der Waals surface area contributed by atoms with E-state index in [0.717, 1.165) is 43.7 Å². The summed E-state index contributed by atoms with van der Waals surface area (Å²) < 4.78 is 14.4. The highest BCUT2D eigenvalue weighted by molar-refractivity contribution is 5.56. The molecule has 2 aliphatic heterocycles. The minimum absolute atomic E-state index is 0.0951. The van der Waals surface area contributed by atoms with E-state index in [9.17, 15) is 4.39 Å². The van der Waals surface area contributed by atoms with Crippen LogP contribution >= 0.6 is 0 Å². The minimum atomic E-state index is -0.0951. The van der Waals surface area contributed by atoms with E-state index in [1.165, 1.54) is 19.4 Å². The fourth-order valence-corrected chi connectivity index (χ4v) is 3.70. The van der Waals surface area contributed by atoms with Gasteiger partial charge in [-0.1, -0.05) is 19.1 Å². The van der Waals surface area contributed by atoms with Crippen molar-refractivity contribution >= 4 is 5.69 Å². The highest BCUT2D eigenvalue weighted by Crippen LogP contribution is 2.30. The van der Waals surface area contributed by atoms with Gasteiger partial charge in [-0.15, -0.1) is 0 Å². The second kappa shape index (κ2) is 6.32. The Kier molecular flexibility index (Phi) is 4.45. The van der Waals surface area contributed by atoms with E-state index >= 15 is 0 Å². The maximum Gasteiger partial charge on any atom is 0.146 e. The van der Waals surface area contributed by atoms with Crippen LogP contribution in [0.25, 0.3) is 0 Å². The largest absolute Gasteiger partial charge is 0.366 e. The number of halogens is 1. The molecule has 0 aliphatic carbocycles. The third kappa shape index (κ3) is 3.06. The van der Waals surface area contributed by atoms with Crippen molar-refractivity contribution in [1.29, 1.82) is 0 Å². The van der Waals surface area contributed by atoms with Crippen molar-refractivity contribution in [3.05, 3.63) is 29.6 Å². The summed E-state index contributed by atoms with van der Waals surface area (Å²) in [6.07, 6.45) is 4.21. The van der Waals surface area contributed by atoms with Crippen molar-refractivity contribution in [3.63, 3.8) is 0 Å². The van der Waals surface area contributed by atoms with Crippen molar-refractivity contribution in [1.82, 2.24) is 4.90 Å². The van der Waals surface area contributed by atoms with E-state index in [1.54, 1.807) is 6.07 Å². The van der Waals surface area contributed by atoms with Crippen LogP contribution in [-0.2, 0) is 6.42 Å². The first kappa shape index (κ1) is 14.8. The first-order valence-corrected chi connectivity index (χ1v) is 8.21. The van der Waals surface area contributed by atoms with Crippen molar-refractivity contribution in [2.24, 2.45) is 5.73 Å². The van der Waals surface area contributed by atoms with Crippen LogP contribution in [0, 0.1) is 5.82 Å². The van der Waals surface area contributed by atoms with Crippen molar-refractivity contribution in [2.75, 3.05) is 31.1 Å². The van der Waals surface area contributed by atoms with Crippen LogP contribution in [0.4, 0.5) is 10.1 Å². The van der Waals surface area contributed by atoms with Gasteiger partial charge in [-0.3, -0.25) is 4.90 Å². The topological polar surface area (TPSA) is 32.5 Å². The highest BCUT2D eigenvalue weighted by Gasteiger charge is 2.32. The Balaban J connectivity index is 1.83. The van der Waals surface area contributed by atoms with Gasteiger partial charge < -0.3 is 10.6 Å². The number of nitrogens with zero attached hydrogens (tertiary/aromatic N) is 2. The number of benzene rings is 1. The molecule has 0 bridgehead atoms. The van der Waals surface area contributed by atoms with E-state index in [1.807, 2.05) is 12.1 Å². The molecule has 0 radical (unpaired) electrons. The Bertz CT molecular complexity index is 491. The molecule has 1 aromatic carbocycles. The van der Waals surface area contributed by atoms with Crippen molar-refractivity contribution in [3.8, 4) is 0 Å². The third-order valence-corrected chi connectivity index (χ3v) is 4.98. The molecule has 3 nitrogen and oxygen atoms in total. The molecule has 0 aromatic heterocycles. The molecule has 1 aromatic rings. The summed E-state index contributed by atoms with van der Waals surface area (Å²) in [5.41, 5.74) is 7.95. The first-order valence-electron chi connectivity index (χ1n) is 8.21. The molecule has 2 unspecified atom stereocenters. The van der Waals surface area contributed by atoms with Gasteiger partial charge in [0.1, 0.15) is 5.82 Å². The maximum absolute atomic E-state index is 14.4. The van der Waals surface area contributed by atoms with Crippen LogP contribution in [0.3, 0.4) is 0 Å². The predicted octanol–water partition coefficient (Wildman–Crippen LogP) is 2.39. The summed E-state index contributed by atoms with van der Waals surface area (Å²) in [5, 5.41) is 0. The standard InChI is InChI=1S/C17H26FN3/c1-2-14(19)11-13-5-3-7-16(18)17(13)21-10-9-20-8-4-6-15(20)12-21/h3,5,7,14-15H,2,4,6,8-12,19H2,1H3. The molecule has 0 spiro atoms. The van der Waals surface area contributed by atoms with E-state index in [-0.39, 0.29) is 11.9 Å². The summed E-state index contributed by atoms with van der Waals surface area (Å²) in [4.78, 5) is 4.80. The molecule has 0 saturated carbocycles. The van der Waals surface area contributed by atoms with Crippen LogP contribution in [0.15, 0.2) is 18.2 Å². The highest BCUT2D eigenvalue weighted by atomic mass is 19.1. The lowest BCUT2D eigenvalue weighted by Gasteiger charge is -2.39. The van der Waals surface area contributed by atoms with Crippen LogP contribution in [0.2, 0.25) is 0 Å². The summed E-state index contributed by atoms with van der Waals surface area (Å²) in [7, 11) is 0. The fraction of sp³-hybridized carbons (Fsp3) is 0.647. The smallest absolute Gasteiger partial charge is 0.146 e. The van der Waals surface area contributed by atoms with Gasteiger partial charge >= 0.3 is 0 Å². The number of hydrogen-bond acceptors (Lipinski definition) is 3. The van der Waals surface area contributed by atoms with Crippen LogP contribution < -0.4 is 10.6 Å². The Morgan fingerprint density at radius 1 is 1.33 bits per heavy atom. The molecule has 21 heavy (non-hydrogen) atoms. The lowest BCUT2D eigenvalue weighted by Crippen LogP contribution is -2.50. The first-order chi connectivity index (χ1) is 10.2. The molecule has 2 fully saturated rings. The number of piperazine rings is 1. The Morgan fingerprint density at radius 2 is 2.19 bits per heavy atom. The van der Waals surface area contributed by atoms with E-state index in [4.69, 9.17) is 5.73 Å². The number of para-hydroxylation sites is 1. The molecule has 2 N–H and O–H groups in total. The minimum Gasteiger partial charge on any atom is -0.366 e. The number of rotatable bonds is 4. The van der Waals surface area contributed by atoms with Gasteiger partial charge in [0.15, 0.2) is 0 Å². The average molecular weight is 291 g/mol. The molecule has 2 atom stereocenters. The normalized spacial score (nSPS) is 24.1. The van der Waals surface area contributed by atoms with Gasteiger partial charge in [-0.2, -0.15) is 0 Å². The lowest BCUT2D eigenvalue weighted by atomic mass is 10.0. The zero-order valence-corrected chi connectivity index (χ0v) is 12.9. The van der Waals surface area contributed by atoms with Crippen molar-refractivity contribution < 1.29 is 4.39 Å². The molecule has 3 rings (SSSR count). The summed E-state index contributed by atoms with van der Waals surface area (Å²) >= 11 is 0. The molecule has 2 saturated heterocycles. The molecule has 0 amide bonds. The second-order valence-corrected chi connectivity index (χ2v) is 6.40. The maximum atomic E-state index is 14.4. The molecule has 4 heteroatoms. The number of anilines is 1. The van der Waals surface area contributed by atoms with Crippen LogP contribution in [0.1, 0.15) is 31.7 Å². The van der Waals surface area contributed by atoms with Gasteiger partial charge in [0.25, 0.3) is 0 Å². The van der Waals surface area contributed by atoms with Gasteiger partial charge in [0, 0.05) is 31.7 Å². The summed E-state index contributed by atoms with van der Waals surface area (Å²) in [6.45, 7) is 6.23. The number of nitrogens with two attached hydrogens (primary N) is 1.